The van der Waals surface area contributed by atoms with Gasteiger partial charge in [-0.3, -0.25) is 0 Å². The molecule has 0 heterocycles. The molecule has 0 aromatic carbocycles. The Morgan fingerprint density at radius 3 is 2.11 bits per heavy atom. The van der Waals surface area contributed by atoms with Gasteiger partial charge in [0, 0.05) is 13.7 Å². The van der Waals surface area contributed by atoms with Gasteiger partial charge in [-0.05, 0) is 13.3 Å². The number of rotatable bonds is 8. The van der Waals surface area contributed by atoms with Gasteiger partial charge in [0.1, 0.15) is 13.2 Å². The fourth-order valence-corrected chi connectivity index (χ4v) is 0.734. The molecule has 6 heteroatoms. The fraction of sp³-hybridized carbons (Fsp3) is 0.833. The summed E-state index contributed by atoms with van der Waals surface area (Å²) in [5, 5.41) is 0. The van der Waals surface area contributed by atoms with E-state index in [0.29, 0.717) is 13.2 Å². The summed E-state index contributed by atoms with van der Waals surface area (Å²) in [5.74, 6) is -0.609. The SMILES string of the molecule is CCCCOC(=O)COC.CCOCC(=O)OC. The third-order valence-electron chi connectivity index (χ3n) is 1.67. The van der Waals surface area contributed by atoms with Gasteiger partial charge in [0.05, 0.1) is 13.7 Å². The molecule has 0 atom stereocenters. The number of carbonyl (C=O) groups excluding carboxylic acids is 2. The minimum Gasteiger partial charge on any atom is -0.467 e. The van der Waals surface area contributed by atoms with Crippen LogP contribution in [0.1, 0.15) is 26.7 Å². The van der Waals surface area contributed by atoms with Gasteiger partial charge in [0.25, 0.3) is 0 Å². The molecule has 0 aromatic rings. The van der Waals surface area contributed by atoms with Crippen molar-refractivity contribution in [3.8, 4) is 0 Å². The summed E-state index contributed by atoms with van der Waals surface area (Å²) in [6.07, 6.45) is 1.97. The molecule has 0 amide bonds. The van der Waals surface area contributed by atoms with Crippen molar-refractivity contribution in [3.63, 3.8) is 0 Å². The predicted molar refractivity (Wildman–Crippen MR) is 66.3 cm³/mol. The molecule has 18 heavy (non-hydrogen) atoms. The van der Waals surface area contributed by atoms with Crippen LogP contribution >= 0.6 is 0 Å². The zero-order chi connectivity index (χ0) is 14.2. The van der Waals surface area contributed by atoms with E-state index in [0.717, 1.165) is 12.8 Å². The minimum absolute atomic E-state index is 0.0592. The van der Waals surface area contributed by atoms with Crippen LogP contribution in [0.2, 0.25) is 0 Å². The Morgan fingerprint density at radius 1 is 1.00 bits per heavy atom. The molecule has 0 spiro atoms. The van der Waals surface area contributed by atoms with Crippen LogP contribution in [-0.4, -0.2) is 52.6 Å². The molecule has 0 saturated heterocycles. The van der Waals surface area contributed by atoms with Crippen molar-refractivity contribution in [2.45, 2.75) is 26.7 Å². The van der Waals surface area contributed by atoms with Crippen LogP contribution < -0.4 is 0 Å². The van der Waals surface area contributed by atoms with Gasteiger partial charge >= 0.3 is 11.9 Å². The molecule has 0 saturated carbocycles. The van der Waals surface area contributed by atoms with Gasteiger partial charge in [-0.25, -0.2) is 9.59 Å². The maximum atomic E-state index is 10.6. The Hall–Kier alpha value is -1.14. The van der Waals surface area contributed by atoms with Crippen LogP contribution in [0.15, 0.2) is 0 Å². The zero-order valence-corrected chi connectivity index (χ0v) is 11.7. The van der Waals surface area contributed by atoms with Gasteiger partial charge in [0.2, 0.25) is 0 Å². The lowest BCUT2D eigenvalue weighted by atomic mass is 10.4. The van der Waals surface area contributed by atoms with E-state index in [1.807, 2.05) is 13.8 Å². The standard InChI is InChI=1S/C7H14O3.C5H10O3/c1-3-4-5-10-7(8)6-9-2;1-3-8-4-5(6)7-2/h3-6H2,1-2H3;3-4H2,1-2H3. The Labute approximate surface area is 109 Å². The van der Waals surface area contributed by atoms with Crippen molar-refractivity contribution in [1.82, 2.24) is 0 Å². The number of esters is 2. The van der Waals surface area contributed by atoms with E-state index in [4.69, 9.17) is 9.47 Å². The van der Waals surface area contributed by atoms with Crippen LogP contribution in [0, 0.1) is 0 Å². The summed E-state index contributed by atoms with van der Waals surface area (Å²) in [5.41, 5.74) is 0. The number of ether oxygens (including phenoxy) is 4. The third kappa shape index (κ3) is 17.3. The van der Waals surface area contributed by atoms with Crippen LogP contribution in [0.5, 0.6) is 0 Å². The van der Waals surface area contributed by atoms with Crippen molar-refractivity contribution >= 4 is 11.9 Å². The summed E-state index contributed by atoms with van der Waals surface area (Å²) in [6.45, 7) is 5.05. The summed E-state index contributed by atoms with van der Waals surface area (Å²) in [7, 11) is 2.81. The number of carbonyl (C=O) groups is 2. The van der Waals surface area contributed by atoms with Gasteiger partial charge in [0.15, 0.2) is 0 Å². The highest BCUT2D eigenvalue weighted by Gasteiger charge is 1.98. The summed E-state index contributed by atoms with van der Waals surface area (Å²) < 4.78 is 18.3. The first-order valence-electron chi connectivity index (χ1n) is 5.91. The van der Waals surface area contributed by atoms with Crippen molar-refractivity contribution in [2.75, 3.05) is 40.6 Å². The quantitative estimate of drug-likeness (QED) is 0.484. The van der Waals surface area contributed by atoms with Crippen molar-refractivity contribution in [1.29, 1.82) is 0 Å². The number of unbranched alkanes of at least 4 members (excludes halogenated alkanes) is 1. The molecule has 108 valence electrons. The molecule has 0 unspecified atom stereocenters. The monoisotopic (exact) mass is 264 g/mol. The molecule has 0 rings (SSSR count). The lowest BCUT2D eigenvalue weighted by molar-refractivity contribution is -0.148. The van der Waals surface area contributed by atoms with Crippen molar-refractivity contribution in [2.24, 2.45) is 0 Å². The lowest BCUT2D eigenvalue weighted by Crippen LogP contribution is -2.11. The Morgan fingerprint density at radius 2 is 1.67 bits per heavy atom. The third-order valence-corrected chi connectivity index (χ3v) is 1.67. The molecular weight excluding hydrogens is 240 g/mol. The largest absolute Gasteiger partial charge is 0.467 e. The molecule has 0 aliphatic carbocycles. The van der Waals surface area contributed by atoms with Crippen LogP contribution in [0.3, 0.4) is 0 Å². The first kappa shape index (κ1) is 19.2. The van der Waals surface area contributed by atoms with Crippen molar-refractivity contribution < 1.29 is 28.5 Å². The topological polar surface area (TPSA) is 71.1 Å². The van der Waals surface area contributed by atoms with Crippen LogP contribution in [-0.2, 0) is 28.5 Å². The first-order chi connectivity index (χ1) is 8.62. The average molecular weight is 264 g/mol. The minimum atomic E-state index is -0.327. The predicted octanol–water partition coefficient (Wildman–Crippen LogP) is 1.17. The van der Waals surface area contributed by atoms with E-state index in [2.05, 4.69) is 9.47 Å². The van der Waals surface area contributed by atoms with Crippen LogP contribution in [0.25, 0.3) is 0 Å². The summed E-state index contributed by atoms with van der Waals surface area (Å²) in [4.78, 5) is 20.8. The van der Waals surface area contributed by atoms with E-state index in [-0.39, 0.29) is 25.2 Å². The number of methoxy groups -OCH3 is 2. The summed E-state index contributed by atoms with van der Waals surface area (Å²) >= 11 is 0. The maximum absolute atomic E-state index is 10.6. The Bertz CT molecular complexity index is 205. The molecule has 0 aliphatic heterocycles. The van der Waals surface area contributed by atoms with Gasteiger partial charge < -0.3 is 18.9 Å². The highest BCUT2D eigenvalue weighted by Crippen LogP contribution is 1.88. The Kier molecular flexibility index (Phi) is 16.9. The molecule has 0 aliphatic rings. The second-order valence-corrected chi connectivity index (χ2v) is 3.22. The molecule has 0 radical (unpaired) electrons. The maximum Gasteiger partial charge on any atom is 0.332 e. The summed E-state index contributed by atoms with van der Waals surface area (Å²) in [6, 6.07) is 0. The van der Waals surface area contributed by atoms with Gasteiger partial charge in [-0.2, -0.15) is 0 Å². The molecule has 6 nitrogen and oxygen atoms in total. The average Bonchev–Trinajstić information content (AvgIpc) is 2.37. The van der Waals surface area contributed by atoms with E-state index >= 15 is 0 Å². The van der Waals surface area contributed by atoms with Crippen molar-refractivity contribution in [3.05, 3.63) is 0 Å². The second kappa shape index (κ2) is 15.9. The second-order valence-electron chi connectivity index (χ2n) is 3.22. The molecule has 0 fully saturated rings. The smallest absolute Gasteiger partial charge is 0.332 e. The fourth-order valence-electron chi connectivity index (χ4n) is 0.734. The lowest BCUT2D eigenvalue weighted by Gasteiger charge is -2.01. The zero-order valence-electron chi connectivity index (χ0n) is 11.7. The Balaban J connectivity index is 0. The highest BCUT2D eigenvalue weighted by atomic mass is 16.6. The van der Waals surface area contributed by atoms with E-state index in [1.54, 1.807) is 0 Å². The normalized spacial score (nSPS) is 9.11. The number of hydrogen-bond donors (Lipinski definition) is 0. The van der Waals surface area contributed by atoms with Crippen LogP contribution in [0.4, 0.5) is 0 Å². The molecule has 0 bridgehead atoms. The first-order valence-corrected chi connectivity index (χ1v) is 5.91. The van der Waals surface area contributed by atoms with Gasteiger partial charge in [-0.15, -0.1) is 0 Å². The van der Waals surface area contributed by atoms with E-state index < -0.39 is 0 Å². The van der Waals surface area contributed by atoms with E-state index in [9.17, 15) is 9.59 Å². The van der Waals surface area contributed by atoms with E-state index in [1.165, 1.54) is 14.2 Å². The molecule has 0 aromatic heterocycles. The highest BCUT2D eigenvalue weighted by molar-refractivity contribution is 5.70. The molecular formula is C12H24O6. The van der Waals surface area contributed by atoms with Gasteiger partial charge in [-0.1, -0.05) is 13.3 Å². The number of hydrogen-bond acceptors (Lipinski definition) is 6. The molecule has 0 N–H and O–H groups in total.